The molecule has 2 N–H and O–H groups in total. The molecule has 7 heteroatoms. The average molecular weight is 350 g/mol. The second-order valence-corrected chi connectivity index (χ2v) is 6.35. The molecule has 3 aromatic rings. The van der Waals surface area contributed by atoms with Crippen molar-refractivity contribution in [1.29, 1.82) is 0 Å². The molecule has 0 aliphatic carbocycles. The lowest BCUT2D eigenvalue weighted by Crippen LogP contribution is -2.25. The summed E-state index contributed by atoms with van der Waals surface area (Å²) in [7, 11) is 1.70. The summed E-state index contributed by atoms with van der Waals surface area (Å²) in [6.07, 6.45) is 3.65. The van der Waals surface area contributed by atoms with E-state index in [1.54, 1.807) is 30.3 Å². The number of anilines is 1. The number of hydrogen-bond donors (Lipinski definition) is 2. The number of nitrogens with zero attached hydrogens (tertiary/aromatic N) is 2. The summed E-state index contributed by atoms with van der Waals surface area (Å²) < 4.78 is 5.84. The SMILES string of the molecule is CN1C[C@@H](C(=O)Nc2ccc(Oc3cccc4[nH]ccc34)nc2)CC1=O. The van der Waals surface area contributed by atoms with E-state index in [1.807, 2.05) is 30.5 Å². The molecule has 4 rings (SSSR count). The minimum Gasteiger partial charge on any atom is -0.438 e. The summed E-state index contributed by atoms with van der Waals surface area (Å²) in [5.74, 6) is 0.642. The van der Waals surface area contributed by atoms with E-state index in [2.05, 4.69) is 15.3 Å². The molecule has 7 nitrogen and oxygen atoms in total. The van der Waals surface area contributed by atoms with Gasteiger partial charge in [0.15, 0.2) is 0 Å². The number of ether oxygens (including phenoxy) is 1. The fourth-order valence-corrected chi connectivity index (χ4v) is 3.06. The first-order valence-corrected chi connectivity index (χ1v) is 8.35. The van der Waals surface area contributed by atoms with Gasteiger partial charge in [-0.25, -0.2) is 4.98 Å². The van der Waals surface area contributed by atoms with Gasteiger partial charge in [-0.05, 0) is 24.3 Å². The van der Waals surface area contributed by atoms with Gasteiger partial charge in [0.25, 0.3) is 0 Å². The predicted molar refractivity (Wildman–Crippen MR) is 97.0 cm³/mol. The summed E-state index contributed by atoms with van der Waals surface area (Å²) in [5.41, 5.74) is 1.56. The van der Waals surface area contributed by atoms with Crippen LogP contribution in [0.1, 0.15) is 6.42 Å². The van der Waals surface area contributed by atoms with Crippen molar-refractivity contribution in [3.63, 3.8) is 0 Å². The molecule has 1 aliphatic rings. The Morgan fingerprint density at radius 2 is 2.19 bits per heavy atom. The molecule has 26 heavy (non-hydrogen) atoms. The molecule has 3 heterocycles. The molecule has 1 fully saturated rings. The third-order valence-electron chi connectivity index (χ3n) is 4.49. The first-order chi connectivity index (χ1) is 12.6. The molecule has 2 amide bonds. The summed E-state index contributed by atoms with van der Waals surface area (Å²) >= 11 is 0. The van der Waals surface area contributed by atoms with E-state index in [9.17, 15) is 9.59 Å². The van der Waals surface area contributed by atoms with Crippen molar-refractivity contribution in [1.82, 2.24) is 14.9 Å². The largest absolute Gasteiger partial charge is 0.438 e. The van der Waals surface area contributed by atoms with Crippen molar-refractivity contribution in [2.24, 2.45) is 5.92 Å². The lowest BCUT2D eigenvalue weighted by Gasteiger charge is -2.11. The van der Waals surface area contributed by atoms with E-state index in [4.69, 9.17) is 4.74 Å². The highest BCUT2D eigenvalue weighted by atomic mass is 16.5. The van der Waals surface area contributed by atoms with E-state index in [0.29, 0.717) is 23.9 Å². The number of fused-ring (bicyclic) bond motifs is 1. The van der Waals surface area contributed by atoms with Crippen LogP contribution in [0.15, 0.2) is 48.8 Å². The highest BCUT2D eigenvalue weighted by Gasteiger charge is 2.32. The predicted octanol–water partition coefficient (Wildman–Crippen LogP) is 2.77. The quantitative estimate of drug-likeness (QED) is 0.757. The molecule has 132 valence electrons. The van der Waals surface area contributed by atoms with Gasteiger partial charge in [-0.2, -0.15) is 0 Å². The number of likely N-dealkylation sites (tertiary alicyclic amines) is 1. The second kappa shape index (κ2) is 6.51. The Hall–Kier alpha value is -3.35. The van der Waals surface area contributed by atoms with Gasteiger partial charge >= 0.3 is 0 Å². The molecule has 1 saturated heterocycles. The van der Waals surface area contributed by atoms with Crippen LogP contribution < -0.4 is 10.1 Å². The number of rotatable bonds is 4. The maximum Gasteiger partial charge on any atom is 0.229 e. The van der Waals surface area contributed by atoms with Crippen LogP contribution in [0.3, 0.4) is 0 Å². The fourth-order valence-electron chi connectivity index (χ4n) is 3.06. The van der Waals surface area contributed by atoms with E-state index < -0.39 is 0 Å². The van der Waals surface area contributed by atoms with Crippen LogP contribution in [0.25, 0.3) is 10.9 Å². The van der Waals surface area contributed by atoms with Gasteiger partial charge in [0.1, 0.15) is 5.75 Å². The number of benzene rings is 1. The standard InChI is InChI=1S/C19H18N4O3/c1-23-11-12(9-18(23)24)19(25)22-13-5-6-17(21-10-13)26-16-4-2-3-15-14(16)7-8-20-15/h2-8,10,12,20H,9,11H2,1H3,(H,22,25)/t12-/m0/s1. The zero-order valence-electron chi connectivity index (χ0n) is 14.2. The van der Waals surface area contributed by atoms with E-state index in [1.165, 1.54) is 0 Å². The van der Waals surface area contributed by atoms with Crippen LogP contribution in [-0.2, 0) is 9.59 Å². The Morgan fingerprint density at radius 3 is 2.92 bits per heavy atom. The van der Waals surface area contributed by atoms with Crippen LogP contribution in [0.2, 0.25) is 0 Å². The number of carbonyl (C=O) groups is 2. The van der Waals surface area contributed by atoms with Crippen LogP contribution in [0, 0.1) is 5.92 Å². The van der Waals surface area contributed by atoms with Gasteiger partial charge in [0.2, 0.25) is 17.7 Å². The number of carbonyl (C=O) groups excluding carboxylic acids is 2. The lowest BCUT2D eigenvalue weighted by molar-refractivity contribution is -0.127. The number of aromatic amines is 1. The number of nitrogens with one attached hydrogen (secondary N) is 2. The molecular formula is C19H18N4O3. The molecule has 1 aliphatic heterocycles. The molecule has 0 saturated carbocycles. The van der Waals surface area contributed by atoms with Crippen LogP contribution in [0.5, 0.6) is 11.6 Å². The highest BCUT2D eigenvalue weighted by molar-refractivity contribution is 5.97. The Bertz CT molecular complexity index is 964. The molecule has 2 aromatic heterocycles. The minimum absolute atomic E-state index is 0.00837. The van der Waals surface area contributed by atoms with E-state index >= 15 is 0 Å². The van der Waals surface area contributed by atoms with Gasteiger partial charge in [-0.1, -0.05) is 6.07 Å². The van der Waals surface area contributed by atoms with Gasteiger partial charge in [0.05, 0.1) is 17.8 Å². The molecule has 0 radical (unpaired) electrons. The zero-order valence-corrected chi connectivity index (χ0v) is 14.2. The third kappa shape index (κ3) is 3.11. The van der Waals surface area contributed by atoms with Crippen LogP contribution in [0.4, 0.5) is 5.69 Å². The number of H-pyrrole nitrogens is 1. The Morgan fingerprint density at radius 1 is 1.31 bits per heavy atom. The van der Waals surface area contributed by atoms with Crippen LogP contribution in [-0.4, -0.2) is 40.3 Å². The van der Waals surface area contributed by atoms with Gasteiger partial charge in [0, 0.05) is 43.2 Å². The van der Waals surface area contributed by atoms with Crippen LogP contribution >= 0.6 is 0 Å². The summed E-state index contributed by atoms with van der Waals surface area (Å²) in [5, 5.41) is 3.77. The van der Waals surface area contributed by atoms with Crippen molar-refractivity contribution in [2.45, 2.75) is 6.42 Å². The summed E-state index contributed by atoms with van der Waals surface area (Å²) in [4.78, 5) is 32.7. The maximum absolute atomic E-state index is 12.2. The topological polar surface area (TPSA) is 87.3 Å². The molecule has 0 spiro atoms. The molecular weight excluding hydrogens is 332 g/mol. The molecule has 1 aromatic carbocycles. The first kappa shape index (κ1) is 16.1. The first-order valence-electron chi connectivity index (χ1n) is 8.35. The summed E-state index contributed by atoms with van der Waals surface area (Å²) in [6.45, 7) is 0.444. The van der Waals surface area contributed by atoms with Gasteiger partial charge < -0.3 is 19.9 Å². The van der Waals surface area contributed by atoms with Crippen molar-refractivity contribution < 1.29 is 14.3 Å². The Kier molecular flexibility index (Phi) is 4.04. The van der Waals surface area contributed by atoms with E-state index in [0.717, 1.165) is 10.9 Å². The van der Waals surface area contributed by atoms with E-state index in [-0.39, 0.29) is 24.2 Å². The number of amides is 2. The number of pyridine rings is 1. The molecule has 1 atom stereocenters. The highest BCUT2D eigenvalue weighted by Crippen LogP contribution is 2.28. The normalized spacial score (nSPS) is 16.9. The van der Waals surface area contributed by atoms with Crippen molar-refractivity contribution in [2.75, 3.05) is 18.9 Å². The Balaban J connectivity index is 1.43. The maximum atomic E-state index is 12.2. The zero-order chi connectivity index (χ0) is 18.1. The Labute approximate surface area is 150 Å². The monoisotopic (exact) mass is 350 g/mol. The van der Waals surface area contributed by atoms with Gasteiger partial charge in [-0.15, -0.1) is 0 Å². The smallest absolute Gasteiger partial charge is 0.229 e. The van der Waals surface area contributed by atoms with Crippen molar-refractivity contribution in [3.05, 3.63) is 48.8 Å². The third-order valence-corrected chi connectivity index (χ3v) is 4.49. The number of hydrogen-bond acceptors (Lipinski definition) is 4. The van der Waals surface area contributed by atoms with Crippen molar-refractivity contribution in [3.8, 4) is 11.6 Å². The molecule has 0 unspecified atom stereocenters. The van der Waals surface area contributed by atoms with Crippen molar-refractivity contribution >= 4 is 28.4 Å². The van der Waals surface area contributed by atoms with Gasteiger partial charge in [-0.3, -0.25) is 9.59 Å². The fraction of sp³-hybridized carbons (Fsp3) is 0.211. The summed E-state index contributed by atoms with van der Waals surface area (Å²) in [6, 6.07) is 11.1. The minimum atomic E-state index is -0.324. The second-order valence-electron chi connectivity index (χ2n) is 6.35. The number of aromatic nitrogens is 2. The lowest BCUT2D eigenvalue weighted by atomic mass is 10.1. The molecule has 0 bridgehead atoms. The average Bonchev–Trinajstić information content (AvgIpc) is 3.24.